The number of hydrogen-bond acceptors (Lipinski definition) is 4. The van der Waals surface area contributed by atoms with Crippen LogP contribution in [-0.4, -0.2) is 27.7 Å². The van der Waals surface area contributed by atoms with Crippen molar-refractivity contribution in [1.29, 1.82) is 0 Å². The minimum Gasteiger partial charge on any atom is -0.494 e. The van der Waals surface area contributed by atoms with E-state index in [1.54, 1.807) is 24.3 Å². The average Bonchev–Trinajstić information content (AvgIpc) is 2.38. The number of carbonyl (C=O) groups is 1. The summed E-state index contributed by atoms with van der Waals surface area (Å²) < 4.78 is 5.32. The Morgan fingerprint density at radius 1 is 1.35 bits per heavy atom. The molecule has 6 nitrogen and oxygen atoms in total. The second-order valence-corrected chi connectivity index (χ2v) is 4.14. The number of benzene rings is 1. The molecule has 2 rings (SSSR count). The predicted molar refractivity (Wildman–Crippen MR) is 73.2 cm³/mol. The van der Waals surface area contributed by atoms with Crippen LogP contribution in [0.3, 0.4) is 0 Å². The fourth-order valence-electron chi connectivity index (χ4n) is 1.85. The summed E-state index contributed by atoms with van der Waals surface area (Å²) in [5, 5.41) is 8.93. The third kappa shape index (κ3) is 2.69. The predicted octanol–water partition coefficient (Wildman–Crippen LogP) is 1.84. The summed E-state index contributed by atoms with van der Waals surface area (Å²) in [6, 6.07) is 7.03. The van der Waals surface area contributed by atoms with Crippen molar-refractivity contribution in [3.8, 4) is 17.1 Å². The number of aryl methyl sites for hydroxylation is 1. The molecule has 0 radical (unpaired) electrons. The first kappa shape index (κ1) is 13.8. The third-order valence-electron chi connectivity index (χ3n) is 2.75. The smallest absolute Gasteiger partial charge is 0.343 e. The highest BCUT2D eigenvalue weighted by Gasteiger charge is 2.15. The van der Waals surface area contributed by atoms with Gasteiger partial charge in [-0.3, -0.25) is 4.79 Å². The van der Waals surface area contributed by atoms with Crippen LogP contribution in [0.15, 0.2) is 29.1 Å². The van der Waals surface area contributed by atoms with Crippen LogP contribution in [0.5, 0.6) is 5.75 Å². The van der Waals surface area contributed by atoms with E-state index in [2.05, 4.69) is 9.97 Å². The summed E-state index contributed by atoms with van der Waals surface area (Å²) in [6.45, 7) is 3.96. The van der Waals surface area contributed by atoms with E-state index in [0.717, 1.165) is 5.75 Å². The first-order chi connectivity index (χ1) is 9.52. The fourth-order valence-corrected chi connectivity index (χ4v) is 1.85. The van der Waals surface area contributed by atoms with Crippen LogP contribution in [-0.2, 0) is 0 Å². The second kappa shape index (κ2) is 5.56. The third-order valence-corrected chi connectivity index (χ3v) is 2.75. The Morgan fingerprint density at radius 2 is 2.00 bits per heavy atom. The molecule has 0 bridgehead atoms. The van der Waals surface area contributed by atoms with Gasteiger partial charge in [0.25, 0.3) is 5.56 Å². The van der Waals surface area contributed by atoms with Gasteiger partial charge in [-0.1, -0.05) is 0 Å². The molecule has 0 aliphatic carbocycles. The molecule has 1 aromatic heterocycles. The Bertz CT molecular complexity index is 689. The van der Waals surface area contributed by atoms with Gasteiger partial charge in [-0.05, 0) is 38.1 Å². The molecular weight excluding hydrogens is 260 g/mol. The molecule has 1 aromatic carbocycles. The van der Waals surface area contributed by atoms with Gasteiger partial charge in [0, 0.05) is 5.56 Å². The Hall–Kier alpha value is -2.63. The lowest BCUT2D eigenvalue weighted by molar-refractivity contribution is 0.0693. The molecule has 0 saturated carbocycles. The van der Waals surface area contributed by atoms with Gasteiger partial charge in [-0.25, -0.2) is 9.78 Å². The van der Waals surface area contributed by atoms with Gasteiger partial charge in [0.1, 0.15) is 17.1 Å². The van der Waals surface area contributed by atoms with Crippen molar-refractivity contribution in [1.82, 2.24) is 9.97 Å². The molecule has 0 aliphatic heterocycles. The van der Waals surface area contributed by atoms with Crippen LogP contribution in [0.25, 0.3) is 11.4 Å². The molecule has 0 unspecified atom stereocenters. The number of ether oxygens (including phenoxy) is 1. The zero-order valence-electron chi connectivity index (χ0n) is 11.1. The van der Waals surface area contributed by atoms with Crippen molar-refractivity contribution in [3.63, 3.8) is 0 Å². The maximum absolute atomic E-state index is 11.7. The molecule has 2 N–H and O–H groups in total. The van der Waals surface area contributed by atoms with Gasteiger partial charge < -0.3 is 14.8 Å². The van der Waals surface area contributed by atoms with Gasteiger partial charge in [0.2, 0.25) is 0 Å². The van der Waals surface area contributed by atoms with E-state index in [1.165, 1.54) is 6.92 Å². The topological polar surface area (TPSA) is 92.3 Å². The maximum Gasteiger partial charge on any atom is 0.343 e. The molecule has 1 heterocycles. The first-order valence-corrected chi connectivity index (χ1v) is 6.10. The summed E-state index contributed by atoms with van der Waals surface area (Å²) >= 11 is 0. The second-order valence-electron chi connectivity index (χ2n) is 4.14. The Labute approximate surface area is 115 Å². The zero-order valence-corrected chi connectivity index (χ0v) is 11.1. The Morgan fingerprint density at radius 3 is 2.50 bits per heavy atom. The number of carboxylic acid groups (broad SMARTS) is 1. The van der Waals surface area contributed by atoms with Gasteiger partial charge in [-0.2, -0.15) is 0 Å². The fraction of sp³-hybridized carbons (Fsp3) is 0.214. The number of aromatic nitrogens is 2. The van der Waals surface area contributed by atoms with E-state index < -0.39 is 11.5 Å². The number of rotatable bonds is 4. The minimum atomic E-state index is -1.28. The van der Waals surface area contributed by atoms with Crippen LogP contribution < -0.4 is 10.3 Å². The molecule has 0 amide bonds. The van der Waals surface area contributed by atoms with Gasteiger partial charge in [-0.15, -0.1) is 0 Å². The van der Waals surface area contributed by atoms with Gasteiger partial charge in [0.05, 0.1) is 12.3 Å². The van der Waals surface area contributed by atoms with Crippen molar-refractivity contribution in [2.45, 2.75) is 13.8 Å². The summed E-state index contributed by atoms with van der Waals surface area (Å²) in [4.78, 5) is 29.3. The summed E-state index contributed by atoms with van der Waals surface area (Å²) in [5.41, 5.74) is -0.121. The molecule has 0 fully saturated rings. The molecule has 104 valence electrons. The number of nitrogens with zero attached hydrogens (tertiary/aromatic N) is 1. The molecule has 0 spiro atoms. The van der Waals surface area contributed by atoms with Gasteiger partial charge >= 0.3 is 5.97 Å². The van der Waals surface area contributed by atoms with Crippen LogP contribution >= 0.6 is 0 Å². The number of nitrogens with one attached hydrogen (secondary N) is 1. The molecule has 0 saturated heterocycles. The van der Waals surface area contributed by atoms with E-state index in [9.17, 15) is 9.59 Å². The number of aromatic amines is 1. The van der Waals surface area contributed by atoms with E-state index in [1.807, 2.05) is 6.92 Å². The highest BCUT2D eigenvalue weighted by molar-refractivity contribution is 5.88. The van der Waals surface area contributed by atoms with Crippen LogP contribution in [0.1, 0.15) is 23.0 Å². The highest BCUT2D eigenvalue weighted by Crippen LogP contribution is 2.19. The Kier molecular flexibility index (Phi) is 3.84. The molecule has 0 aliphatic rings. The normalized spacial score (nSPS) is 10.3. The SMILES string of the molecule is CCOc1ccc(-c2nc(C)c(C(=O)O)c(=O)[nH]2)cc1. The lowest BCUT2D eigenvalue weighted by atomic mass is 10.2. The summed E-state index contributed by atoms with van der Waals surface area (Å²) in [6.07, 6.45) is 0. The number of hydrogen-bond donors (Lipinski definition) is 2. The van der Waals surface area contributed by atoms with Gasteiger partial charge in [0.15, 0.2) is 0 Å². The first-order valence-electron chi connectivity index (χ1n) is 6.10. The standard InChI is InChI=1S/C14H14N2O4/c1-3-20-10-6-4-9(5-7-10)12-15-8(2)11(14(18)19)13(17)16-12/h4-7H,3H2,1-2H3,(H,18,19)(H,15,16,17). The quantitative estimate of drug-likeness (QED) is 0.887. The lowest BCUT2D eigenvalue weighted by Crippen LogP contribution is -2.21. The largest absolute Gasteiger partial charge is 0.494 e. The van der Waals surface area contributed by atoms with Crippen molar-refractivity contribution < 1.29 is 14.6 Å². The van der Waals surface area contributed by atoms with Crippen molar-refractivity contribution in [3.05, 3.63) is 45.9 Å². The number of aromatic carboxylic acids is 1. The van der Waals surface area contributed by atoms with Crippen molar-refractivity contribution >= 4 is 5.97 Å². The minimum absolute atomic E-state index is 0.185. The van der Waals surface area contributed by atoms with Crippen LogP contribution in [0, 0.1) is 6.92 Å². The Balaban J connectivity index is 2.43. The lowest BCUT2D eigenvalue weighted by Gasteiger charge is -2.06. The average molecular weight is 274 g/mol. The maximum atomic E-state index is 11.7. The van der Waals surface area contributed by atoms with E-state index in [-0.39, 0.29) is 11.3 Å². The van der Waals surface area contributed by atoms with Crippen molar-refractivity contribution in [2.24, 2.45) is 0 Å². The zero-order chi connectivity index (χ0) is 14.7. The van der Waals surface area contributed by atoms with E-state index in [0.29, 0.717) is 18.0 Å². The van der Waals surface area contributed by atoms with Crippen LogP contribution in [0.4, 0.5) is 0 Å². The monoisotopic (exact) mass is 274 g/mol. The molecule has 0 atom stereocenters. The highest BCUT2D eigenvalue weighted by atomic mass is 16.5. The molecular formula is C14H14N2O4. The van der Waals surface area contributed by atoms with E-state index >= 15 is 0 Å². The number of H-pyrrole nitrogens is 1. The summed E-state index contributed by atoms with van der Waals surface area (Å²) in [5.74, 6) is -0.229. The van der Waals surface area contributed by atoms with Crippen molar-refractivity contribution in [2.75, 3.05) is 6.61 Å². The summed E-state index contributed by atoms with van der Waals surface area (Å²) in [7, 11) is 0. The number of carboxylic acids is 1. The molecule has 2 aromatic rings. The van der Waals surface area contributed by atoms with Crippen LogP contribution in [0.2, 0.25) is 0 Å². The van der Waals surface area contributed by atoms with E-state index in [4.69, 9.17) is 9.84 Å². The molecule has 20 heavy (non-hydrogen) atoms. The molecule has 6 heteroatoms.